The average Bonchev–Trinajstić information content (AvgIpc) is 2.63. The van der Waals surface area contributed by atoms with Gasteiger partial charge < -0.3 is 5.11 Å². The summed E-state index contributed by atoms with van der Waals surface area (Å²) in [5.74, 6) is -0.532. The minimum atomic E-state index is -0.613. The molecular weight excluding hydrogens is 238 g/mol. The van der Waals surface area contributed by atoms with Gasteiger partial charge in [-0.2, -0.15) is 0 Å². The van der Waals surface area contributed by atoms with Crippen LogP contribution in [0.1, 0.15) is 24.8 Å². The average molecular weight is 259 g/mol. The second kappa shape index (κ2) is 4.97. The van der Waals surface area contributed by atoms with Gasteiger partial charge in [-0.05, 0) is 44.2 Å². The highest BCUT2D eigenvalue weighted by atomic mass is 16.4. The van der Waals surface area contributed by atoms with E-state index < -0.39 is 5.97 Å². The number of benzene rings is 1. The second-order valence-corrected chi connectivity index (χ2v) is 6.01. The highest BCUT2D eigenvalue weighted by molar-refractivity contribution is 5.71. The lowest BCUT2D eigenvalue weighted by molar-refractivity contribution is -0.148. The van der Waals surface area contributed by atoms with E-state index in [1.807, 2.05) is 18.2 Å². The molecule has 3 nitrogen and oxygen atoms in total. The first-order valence-electron chi connectivity index (χ1n) is 7.15. The van der Waals surface area contributed by atoms with Gasteiger partial charge in [-0.25, -0.2) is 0 Å². The lowest BCUT2D eigenvalue weighted by atomic mass is 9.77. The molecular formula is C16H21NO2. The molecule has 0 saturated carbocycles. The van der Waals surface area contributed by atoms with Crippen LogP contribution in [0.4, 0.5) is 0 Å². The van der Waals surface area contributed by atoms with E-state index in [4.69, 9.17) is 0 Å². The van der Waals surface area contributed by atoms with Gasteiger partial charge in [-0.15, -0.1) is 0 Å². The molecule has 102 valence electrons. The number of nitrogens with zero attached hydrogens (tertiary/aromatic N) is 1. The van der Waals surface area contributed by atoms with Gasteiger partial charge >= 0.3 is 5.97 Å². The first-order valence-corrected chi connectivity index (χ1v) is 7.15. The zero-order valence-corrected chi connectivity index (χ0v) is 11.3. The molecule has 1 aromatic carbocycles. The summed E-state index contributed by atoms with van der Waals surface area (Å²) in [5.41, 5.74) is 1.27. The maximum atomic E-state index is 11.7. The Bertz CT molecular complexity index is 459. The fourth-order valence-corrected chi connectivity index (χ4v) is 4.06. The molecule has 0 radical (unpaired) electrons. The van der Waals surface area contributed by atoms with Crippen LogP contribution in [0.25, 0.3) is 0 Å². The molecule has 1 N–H and O–H groups in total. The van der Waals surface area contributed by atoms with E-state index in [2.05, 4.69) is 24.1 Å². The fourth-order valence-electron chi connectivity index (χ4n) is 4.06. The smallest absolute Gasteiger partial charge is 0.308 e. The Morgan fingerprint density at radius 1 is 1.32 bits per heavy atom. The van der Waals surface area contributed by atoms with Crippen molar-refractivity contribution in [3.05, 3.63) is 35.9 Å². The maximum Gasteiger partial charge on any atom is 0.308 e. The van der Waals surface area contributed by atoms with Crippen molar-refractivity contribution in [1.29, 1.82) is 0 Å². The number of piperidine rings is 1. The van der Waals surface area contributed by atoms with E-state index in [9.17, 15) is 9.90 Å². The molecule has 0 unspecified atom stereocenters. The van der Waals surface area contributed by atoms with Crippen molar-refractivity contribution in [3.8, 4) is 0 Å². The van der Waals surface area contributed by atoms with E-state index in [1.54, 1.807) is 0 Å². The van der Waals surface area contributed by atoms with Crippen molar-refractivity contribution in [2.75, 3.05) is 7.05 Å². The molecule has 0 aliphatic carbocycles. The van der Waals surface area contributed by atoms with Crippen LogP contribution in [0.5, 0.6) is 0 Å². The van der Waals surface area contributed by atoms with Gasteiger partial charge in [0.2, 0.25) is 0 Å². The molecule has 3 rings (SSSR count). The molecule has 4 atom stereocenters. The first kappa shape index (κ1) is 12.7. The van der Waals surface area contributed by atoms with Gasteiger partial charge in [0.15, 0.2) is 0 Å². The Balaban J connectivity index is 1.82. The predicted octanol–water partition coefficient (Wildman–Crippen LogP) is 2.41. The third-order valence-electron chi connectivity index (χ3n) is 5.02. The highest BCUT2D eigenvalue weighted by Gasteiger charge is 2.48. The standard InChI is InChI=1S/C16H21NO2/c1-17-13-7-8-14(17)15(16(18)19)12(10-13)9-11-5-3-2-4-6-11/h2-6,12-15H,7-10H2,1H3,(H,18,19)/t12-,13-,14+,15+/m0/s1. The quantitative estimate of drug-likeness (QED) is 0.906. The predicted molar refractivity (Wildman–Crippen MR) is 74.0 cm³/mol. The summed E-state index contributed by atoms with van der Waals surface area (Å²) in [5, 5.41) is 9.60. The topological polar surface area (TPSA) is 40.5 Å². The van der Waals surface area contributed by atoms with Crippen LogP contribution in [-0.2, 0) is 11.2 Å². The maximum absolute atomic E-state index is 11.7. The van der Waals surface area contributed by atoms with Gasteiger partial charge in [0.05, 0.1) is 5.92 Å². The van der Waals surface area contributed by atoms with Gasteiger partial charge in [0.25, 0.3) is 0 Å². The fraction of sp³-hybridized carbons (Fsp3) is 0.562. The third kappa shape index (κ3) is 2.27. The Labute approximate surface area is 114 Å². The van der Waals surface area contributed by atoms with Gasteiger partial charge in [-0.1, -0.05) is 30.3 Å². The number of carbonyl (C=O) groups is 1. The zero-order chi connectivity index (χ0) is 13.4. The molecule has 0 spiro atoms. The Morgan fingerprint density at radius 2 is 2.05 bits per heavy atom. The van der Waals surface area contributed by atoms with Gasteiger partial charge in [0, 0.05) is 12.1 Å². The largest absolute Gasteiger partial charge is 0.481 e. The minimum Gasteiger partial charge on any atom is -0.481 e. The van der Waals surface area contributed by atoms with Crippen LogP contribution >= 0.6 is 0 Å². The monoisotopic (exact) mass is 259 g/mol. The number of rotatable bonds is 3. The second-order valence-electron chi connectivity index (χ2n) is 6.01. The number of fused-ring (bicyclic) bond motifs is 2. The summed E-state index contributed by atoms with van der Waals surface area (Å²) in [6.07, 6.45) is 4.14. The molecule has 2 aliphatic rings. The lowest BCUT2D eigenvalue weighted by Crippen LogP contribution is -2.50. The van der Waals surface area contributed by atoms with Crippen LogP contribution in [0.2, 0.25) is 0 Å². The first-order chi connectivity index (χ1) is 9.16. The molecule has 0 amide bonds. The molecule has 2 heterocycles. The molecule has 2 aliphatic heterocycles. The molecule has 1 aromatic rings. The molecule has 2 fully saturated rings. The van der Waals surface area contributed by atoms with E-state index in [0.29, 0.717) is 6.04 Å². The van der Waals surface area contributed by atoms with Gasteiger partial charge in [0.1, 0.15) is 0 Å². The summed E-state index contributed by atoms with van der Waals surface area (Å²) < 4.78 is 0. The van der Waals surface area contributed by atoms with Gasteiger partial charge in [-0.3, -0.25) is 9.69 Å². The number of hydrogen-bond acceptors (Lipinski definition) is 2. The molecule has 2 saturated heterocycles. The van der Waals surface area contributed by atoms with Crippen LogP contribution < -0.4 is 0 Å². The van der Waals surface area contributed by atoms with Crippen molar-refractivity contribution in [2.24, 2.45) is 11.8 Å². The normalized spacial score (nSPS) is 34.4. The number of carboxylic acid groups (broad SMARTS) is 1. The Kier molecular flexibility index (Phi) is 3.31. The lowest BCUT2D eigenvalue weighted by Gasteiger charge is -2.41. The van der Waals surface area contributed by atoms with Crippen molar-refractivity contribution < 1.29 is 9.90 Å². The highest BCUT2D eigenvalue weighted by Crippen LogP contribution is 2.42. The Hall–Kier alpha value is -1.35. The van der Waals surface area contributed by atoms with Crippen molar-refractivity contribution in [1.82, 2.24) is 4.90 Å². The van der Waals surface area contributed by atoms with E-state index in [1.165, 1.54) is 5.56 Å². The number of carboxylic acids is 1. The summed E-state index contributed by atoms with van der Waals surface area (Å²) >= 11 is 0. The zero-order valence-electron chi connectivity index (χ0n) is 11.3. The van der Waals surface area contributed by atoms with Crippen LogP contribution in [-0.4, -0.2) is 35.1 Å². The van der Waals surface area contributed by atoms with E-state index in [0.717, 1.165) is 25.7 Å². The Morgan fingerprint density at radius 3 is 2.74 bits per heavy atom. The van der Waals surface area contributed by atoms with Crippen molar-refractivity contribution in [2.45, 2.75) is 37.8 Å². The minimum absolute atomic E-state index is 0.205. The third-order valence-corrected chi connectivity index (χ3v) is 5.02. The molecule has 19 heavy (non-hydrogen) atoms. The number of hydrogen-bond donors (Lipinski definition) is 1. The van der Waals surface area contributed by atoms with Crippen LogP contribution in [0.3, 0.4) is 0 Å². The van der Waals surface area contributed by atoms with E-state index in [-0.39, 0.29) is 17.9 Å². The van der Waals surface area contributed by atoms with Crippen molar-refractivity contribution in [3.63, 3.8) is 0 Å². The number of aliphatic carboxylic acids is 1. The molecule has 3 heteroatoms. The summed E-state index contributed by atoms with van der Waals surface area (Å²) in [6, 6.07) is 11.1. The SMILES string of the molecule is CN1[C@H]2CC[C@@H]1[C@H](C(=O)O)[C@@H](Cc1ccccc1)C2. The molecule has 2 bridgehead atoms. The van der Waals surface area contributed by atoms with Crippen LogP contribution in [0.15, 0.2) is 30.3 Å². The van der Waals surface area contributed by atoms with Crippen LogP contribution in [0, 0.1) is 11.8 Å². The summed E-state index contributed by atoms with van der Waals surface area (Å²) in [4.78, 5) is 14.0. The molecule has 0 aromatic heterocycles. The van der Waals surface area contributed by atoms with Crippen molar-refractivity contribution >= 4 is 5.97 Å². The summed E-state index contributed by atoms with van der Waals surface area (Å²) in [6.45, 7) is 0. The van der Waals surface area contributed by atoms with E-state index >= 15 is 0 Å². The summed E-state index contributed by atoms with van der Waals surface area (Å²) in [7, 11) is 2.09.